The molecule has 0 bridgehead atoms. The SMILES string of the molecule is CCC(CC)c1nc2cc(N)ccc2o1. The van der Waals surface area contributed by atoms with E-state index >= 15 is 0 Å². The molecule has 1 aromatic heterocycles. The molecule has 0 radical (unpaired) electrons. The number of aromatic nitrogens is 1. The van der Waals surface area contributed by atoms with Crippen LogP contribution in [0.5, 0.6) is 0 Å². The summed E-state index contributed by atoms with van der Waals surface area (Å²) in [5.41, 5.74) is 8.10. The Labute approximate surface area is 89.3 Å². The number of nitrogens with two attached hydrogens (primary N) is 1. The van der Waals surface area contributed by atoms with Gasteiger partial charge in [-0.3, -0.25) is 0 Å². The molecule has 2 N–H and O–H groups in total. The van der Waals surface area contributed by atoms with Gasteiger partial charge in [-0.25, -0.2) is 4.98 Å². The first-order valence-electron chi connectivity index (χ1n) is 5.40. The van der Waals surface area contributed by atoms with Crippen molar-refractivity contribution < 1.29 is 4.42 Å². The highest BCUT2D eigenvalue weighted by Gasteiger charge is 2.14. The molecule has 0 aliphatic rings. The van der Waals surface area contributed by atoms with Crippen LogP contribution in [-0.2, 0) is 0 Å². The van der Waals surface area contributed by atoms with E-state index in [0.717, 1.165) is 35.5 Å². The molecular weight excluding hydrogens is 188 g/mol. The van der Waals surface area contributed by atoms with Crippen molar-refractivity contribution >= 4 is 16.8 Å². The number of nitrogens with zero attached hydrogens (tertiary/aromatic N) is 1. The Morgan fingerprint density at radius 1 is 1.33 bits per heavy atom. The summed E-state index contributed by atoms with van der Waals surface area (Å²) in [7, 11) is 0. The van der Waals surface area contributed by atoms with Gasteiger partial charge in [-0.05, 0) is 31.0 Å². The van der Waals surface area contributed by atoms with E-state index in [0.29, 0.717) is 5.92 Å². The van der Waals surface area contributed by atoms with Crippen LogP contribution >= 0.6 is 0 Å². The van der Waals surface area contributed by atoms with Crippen LogP contribution < -0.4 is 5.73 Å². The van der Waals surface area contributed by atoms with Crippen molar-refractivity contribution in [2.24, 2.45) is 0 Å². The molecule has 0 atom stereocenters. The van der Waals surface area contributed by atoms with E-state index in [9.17, 15) is 0 Å². The Morgan fingerprint density at radius 3 is 2.73 bits per heavy atom. The second-order valence-corrected chi connectivity index (χ2v) is 3.79. The number of fused-ring (bicyclic) bond motifs is 1. The van der Waals surface area contributed by atoms with Gasteiger partial charge in [0, 0.05) is 11.6 Å². The first-order chi connectivity index (χ1) is 7.24. The maximum absolute atomic E-state index is 5.70. The van der Waals surface area contributed by atoms with Crippen LogP contribution in [-0.4, -0.2) is 4.98 Å². The first kappa shape index (κ1) is 10.0. The molecule has 0 spiro atoms. The lowest BCUT2D eigenvalue weighted by atomic mass is 10.0. The maximum atomic E-state index is 5.70. The second kappa shape index (κ2) is 3.93. The van der Waals surface area contributed by atoms with Crippen LogP contribution in [0.3, 0.4) is 0 Å². The molecule has 3 heteroatoms. The van der Waals surface area contributed by atoms with E-state index in [4.69, 9.17) is 10.2 Å². The van der Waals surface area contributed by atoms with E-state index < -0.39 is 0 Å². The Morgan fingerprint density at radius 2 is 2.07 bits per heavy atom. The van der Waals surface area contributed by atoms with E-state index in [1.165, 1.54) is 0 Å². The predicted molar refractivity (Wildman–Crippen MR) is 61.7 cm³/mol. The van der Waals surface area contributed by atoms with Gasteiger partial charge in [0.25, 0.3) is 0 Å². The van der Waals surface area contributed by atoms with Gasteiger partial charge in [0.2, 0.25) is 0 Å². The van der Waals surface area contributed by atoms with Gasteiger partial charge < -0.3 is 10.2 Å². The van der Waals surface area contributed by atoms with Gasteiger partial charge in [0.05, 0.1) is 0 Å². The molecule has 0 saturated carbocycles. The van der Waals surface area contributed by atoms with Crippen molar-refractivity contribution in [3.8, 4) is 0 Å². The van der Waals surface area contributed by atoms with Crippen molar-refractivity contribution in [3.63, 3.8) is 0 Å². The van der Waals surface area contributed by atoms with Crippen LogP contribution in [0.25, 0.3) is 11.1 Å². The molecule has 0 unspecified atom stereocenters. The maximum Gasteiger partial charge on any atom is 0.198 e. The predicted octanol–water partition coefficient (Wildman–Crippen LogP) is 3.31. The second-order valence-electron chi connectivity index (χ2n) is 3.79. The molecule has 0 amide bonds. The van der Waals surface area contributed by atoms with Gasteiger partial charge in [-0.2, -0.15) is 0 Å². The summed E-state index contributed by atoms with van der Waals surface area (Å²) in [4.78, 5) is 4.47. The topological polar surface area (TPSA) is 52.0 Å². The molecule has 0 fully saturated rings. The normalized spacial score (nSPS) is 11.4. The summed E-state index contributed by atoms with van der Waals surface area (Å²) in [6.07, 6.45) is 2.11. The van der Waals surface area contributed by atoms with Crippen molar-refractivity contribution in [2.45, 2.75) is 32.6 Å². The lowest BCUT2D eigenvalue weighted by molar-refractivity contribution is 0.453. The molecule has 1 heterocycles. The third-order valence-corrected chi connectivity index (χ3v) is 2.76. The third kappa shape index (κ3) is 1.82. The minimum atomic E-state index is 0.415. The summed E-state index contributed by atoms with van der Waals surface area (Å²) in [5.74, 6) is 1.25. The Bertz CT molecular complexity index is 458. The highest BCUT2D eigenvalue weighted by atomic mass is 16.3. The molecule has 2 aromatic rings. The number of rotatable bonds is 3. The Kier molecular flexibility index (Phi) is 2.62. The molecule has 0 aliphatic heterocycles. The highest BCUT2D eigenvalue weighted by Crippen LogP contribution is 2.26. The number of hydrogen-bond acceptors (Lipinski definition) is 3. The largest absolute Gasteiger partial charge is 0.440 e. The van der Waals surface area contributed by atoms with E-state index in [1.807, 2.05) is 18.2 Å². The van der Waals surface area contributed by atoms with E-state index in [2.05, 4.69) is 18.8 Å². The Balaban J connectivity index is 2.46. The van der Waals surface area contributed by atoms with Gasteiger partial charge >= 0.3 is 0 Å². The molecule has 2 rings (SSSR count). The summed E-state index contributed by atoms with van der Waals surface area (Å²) in [5, 5.41) is 0. The highest BCUT2D eigenvalue weighted by molar-refractivity contribution is 5.76. The number of benzene rings is 1. The van der Waals surface area contributed by atoms with Gasteiger partial charge in [-0.1, -0.05) is 13.8 Å². The fraction of sp³-hybridized carbons (Fsp3) is 0.417. The zero-order valence-electron chi connectivity index (χ0n) is 9.16. The van der Waals surface area contributed by atoms with E-state index in [1.54, 1.807) is 0 Å². The molecule has 0 aliphatic carbocycles. The first-order valence-corrected chi connectivity index (χ1v) is 5.40. The zero-order valence-corrected chi connectivity index (χ0v) is 9.16. The van der Waals surface area contributed by atoms with Crippen LogP contribution in [0.4, 0.5) is 5.69 Å². The van der Waals surface area contributed by atoms with Crippen LogP contribution in [0.2, 0.25) is 0 Å². The molecule has 0 saturated heterocycles. The monoisotopic (exact) mass is 204 g/mol. The van der Waals surface area contributed by atoms with Crippen molar-refractivity contribution in [1.82, 2.24) is 4.98 Å². The summed E-state index contributed by atoms with van der Waals surface area (Å²) < 4.78 is 5.70. The third-order valence-electron chi connectivity index (χ3n) is 2.76. The summed E-state index contributed by atoms with van der Waals surface area (Å²) in [6.45, 7) is 4.30. The average molecular weight is 204 g/mol. The lowest BCUT2D eigenvalue weighted by Gasteiger charge is -2.05. The number of anilines is 1. The molecule has 3 nitrogen and oxygen atoms in total. The summed E-state index contributed by atoms with van der Waals surface area (Å²) in [6, 6.07) is 5.57. The molecule has 80 valence electrons. The Hall–Kier alpha value is -1.51. The zero-order chi connectivity index (χ0) is 10.8. The number of hydrogen-bond donors (Lipinski definition) is 1. The van der Waals surface area contributed by atoms with Crippen molar-refractivity contribution in [2.75, 3.05) is 5.73 Å². The standard InChI is InChI=1S/C12H16N2O/c1-3-8(4-2)12-14-10-7-9(13)5-6-11(10)15-12/h5-8H,3-4,13H2,1-2H3. The van der Waals surface area contributed by atoms with E-state index in [-0.39, 0.29) is 0 Å². The van der Waals surface area contributed by atoms with Crippen molar-refractivity contribution in [3.05, 3.63) is 24.1 Å². The molecule has 1 aromatic carbocycles. The minimum Gasteiger partial charge on any atom is -0.440 e. The fourth-order valence-electron chi connectivity index (χ4n) is 1.77. The van der Waals surface area contributed by atoms with Crippen molar-refractivity contribution in [1.29, 1.82) is 0 Å². The minimum absolute atomic E-state index is 0.415. The van der Waals surface area contributed by atoms with Crippen LogP contribution in [0.1, 0.15) is 38.5 Å². The molecular formula is C12H16N2O. The smallest absolute Gasteiger partial charge is 0.198 e. The lowest BCUT2D eigenvalue weighted by Crippen LogP contribution is -1.94. The molecule has 15 heavy (non-hydrogen) atoms. The van der Waals surface area contributed by atoms with Crippen LogP contribution in [0.15, 0.2) is 22.6 Å². The quantitative estimate of drug-likeness (QED) is 0.780. The fourth-order valence-corrected chi connectivity index (χ4v) is 1.77. The number of oxazole rings is 1. The summed E-state index contributed by atoms with van der Waals surface area (Å²) >= 11 is 0. The van der Waals surface area contributed by atoms with Gasteiger partial charge in [0.15, 0.2) is 11.5 Å². The number of nitrogen functional groups attached to an aromatic ring is 1. The van der Waals surface area contributed by atoms with Crippen LogP contribution in [0, 0.1) is 0 Å². The van der Waals surface area contributed by atoms with Gasteiger partial charge in [0.1, 0.15) is 5.52 Å². The average Bonchev–Trinajstić information content (AvgIpc) is 2.62. The van der Waals surface area contributed by atoms with Gasteiger partial charge in [-0.15, -0.1) is 0 Å².